The van der Waals surface area contributed by atoms with E-state index in [-0.39, 0.29) is 12.0 Å². The van der Waals surface area contributed by atoms with Gasteiger partial charge in [0.2, 0.25) is 5.75 Å². The van der Waals surface area contributed by atoms with Crippen LogP contribution in [0.4, 0.5) is 0 Å². The maximum absolute atomic E-state index is 13.4. The highest BCUT2D eigenvalue weighted by atomic mass is 32.1. The van der Waals surface area contributed by atoms with Crippen LogP contribution in [-0.2, 0) is 0 Å². The van der Waals surface area contributed by atoms with E-state index in [9.17, 15) is 4.79 Å². The topological polar surface area (TPSA) is 73.4 Å². The molecule has 9 heteroatoms. The molecule has 0 unspecified atom stereocenters. The van der Waals surface area contributed by atoms with Gasteiger partial charge in [-0.3, -0.25) is 9.69 Å². The Bertz CT molecular complexity index is 911. The minimum Gasteiger partial charge on any atom is -0.490 e. The third-order valence-corrected chi connectivity index (χ3v) is 7.24. The van der Waals surface area contributed by atoms with Crippen molar-refractivity contribution >= 4 is 17.2 Å². The second-order valence-corrected chi connectivity index (χ2v) is 9.63. The molecule has 0 spiro atoms. The van der Waals surface area contributed by atoms with E-state index in [1.165, 1.54) is 0 Å². The predicted molar refractivity (Wildman–Crippen MR) is 136 cm³/mol. The molecule has 2 aliphatic heterocycles. The van der Waals surface area contributed by atoms with Crippen LogP contribution in [-0.4, -0.2) is 78.8 Å². The van der Waals surface area contributed by atoms with Crippen LogP contribution in [0.15, 0.2) is 23.7 Å². The lowest BCUT2D eigenvalue weighted by Crippen LogP contribution is -2.50. The second-order valence-electron chi connectivity index (χ2n) is 8.78. The predicted octanol–water partition coefficient (Wildman–Crippen LogP) is 4.49. The van der Waals surface area contributed by atoms with Crippen LogP contribution < -0.4 is 18.9 Å². The molecular weight excluding hydrogens is 466 g/mol. The number of thiazole rings is 1. The molecule has 0 atom stereocenters. The van der Waals surface area contributed by atoms with E-state index in [1.807, 2.05) is 31.1 Å². The van der Waals surface area contributed by atoms with Gasteiger partial charge in [-0.2, -0.15) is 0 Å². The standard InChI is InChI=1S/C26H37N3O5S/c1-4-31-22-17-19(18-23(32-5-2)24(22)33-6-3)25(30)29-12-7-20(8-13-29)28-14-9-21(10-15-28)34-26-27-11-16-35-26/h11,16-18,20-21H,4-10,12-15H2,1-3H3. The second kappa shape index (κ2) is 12.4. The Morgan fingerprint density at radius 1 is 0.943 bits per heavy atom. The van der Waals surface area contributed by atoms with Crippen molar-refractivity contribution in [3.05, 3.63) is 29.3 Å². The molecule has 2 saturated heterocycles. The Hall–Kier alpha value is -2.52. The minimum atomic E-state index is 0.0176. The molecule has 4 rings (SSSR count). The van der Waals surface area contributed by atoms with Gasteiger partial charge in [-0.25, -0.2) is 4.98 Å². The zero-order valence-electron chi connectivity index (χ0n) is 21.0. The fraction of sp³-hybridized carbons (Fsp3) is 0.615. The van der Waals surface area contributed by atoms with E-state index >= 15 is 0 Å². The molecule has 2 aromatic rings. The van der Waals surface area contributed by atoms with E-state index in [4.69, 9.17) is 18.9 Å². The Morgan fingerprint density at radius 3 is 2.11 bits per heavy atom. The molecule has 1 aromatic heterocycles. The van der Waals surface area contributed by atoms with Crippen LogP contribution in [0.5, 0.6) is 22.4 Å². The molecule has 2 aliphatic rings. The van der Waals surface area contributed by atoms with Gasteiger partial charge < -0.3 is 23.8 Å². The van der Waals surface area contributed by atoms with Crippen molar-refractivity contribution in [1.29, 1.82) is 0 Å². The lowest BCUT2D eigenvalue weighted by Gasteiger charge is -2.41. The van der Waals surface area contributed by atoms with Gasteiger partial charge >= 0.3 is 0 Å². The highest BCUT2D eigenvalue weighted by Gasteiger charge is 2.31. The van der Waals surface area contributed by atoms with E-state index in [2.05, 4.69) is 9.88 Å². The summed E-state index contributed by atoms with van der Waals surface area (Å²) in [6, 6.07) is 4.09. The molecule has 1 aromatic carbocycles. The molecular formula is C26H37N3O5S. The Balaban J connectivity index is 1.34. The van der Waals surface area contributed by atoms with Gasteiger partial charge in [-0.15, -0.1) is 0 Å². The van der Waals surface area contributed by atoms with Gasteiger partial charge in [0.25, 0.3) is 11.1 Å². The van der Waals surface area contributed by atoms with Gasteiger partial charge in [0, 0.05) is 49.4 Å². The molecule has 0 radical (unpaired) electrons. The number of benzene rings is 1. The van der Waals surface area contributed by atoms with Crippen LogP contribution in [0.3, 0.4) is 0 Å². The first kappa shape index (κ1) is 25.6. The lowest BCUT2D eigenvalue weighted by atomic mass is 9.98. The molecule has 0 saturated carbocycles. The molecule has 0 bridgehead atoms. The number of likely N-dealkylation sites (tertiary alicyclic amines) is 2. The number of amides is 1. The van der Waals surface area contributed by atoms with E-state index < -0.39 is 0 Å². The van der Waals surface area contributed by atoms with Gasteiger partial charge in [-0.1, -0.05) is 11.3 Å². The summed E-state index contributed by atoms with van der Waals surface area (Å²) < 4.78 is 23.4. The number of piperidine rings is 2. The molecule has 192 valence electrons. The van der Waals surface area contributed by atoms with Crippen molar-refractivity contribution < 1.29 is 23.7 Å². The summed E-state index contributed by atoms with van der Waals surface area (Å²) in [5.74, 6) is 1.69. The van der Waals surface area contributed by atoms with Crippen LogP contribution in [0.1, 0.15) is 56.8 Å². The molecule has 2 fully saturated rings. The quantitative estimate of drug-likeness (QED) is 0.473. The normalized spacial score (nSPS) is 17.9. The number of hydrogen-bond acceptors (Lipinski definition) is 8. The molecule has 0 N–H and O–H groups in total. The number of nitrogens with zero attached hydrogens (tertiary/aromatic N) is 3. The number of carbonyl (C=O) groups excluding carboxylic acids is 1. The van der Waals surface area contributed by atoms with Crippen LogP contribution in [0.25, 0.3) is 0 Å². The number of rotatable bonds is 10. The molecule has 8 nitrogen and oxygen atoms in total. The van der Waals surface area contributed by atoms with Crippen molar-refractivity contribution in [2.75, 3.05) is 46.0 Å². The van der Waals surface area contributed by atoms with Crippen molar-refractivity contribution in [3.8, 4) is 22.4 Å². The Kier molecular flexibility index (Phi) is 9.09. The molecule has 0 aliphatic carbocycles. The highest BCUT2D eigenvalue weighted by Crippen LogP contribution is 2.39. The summed E-state index contributed by atoms with van der Waals surface area (Å²) >= 11 is 1.55. The van der Waals surface area contributed by atoms with Crippen molar-refractivity contribution in [2.45, 2.75) is 58.6 Å². The monoisotopic (exact) mass is 503 g/mol. The van der Waals surface area contributed by atoms with E-state index in [1.54, 1.807) is 29.7 Å². The number of hydrogen-bond donors (Lipinski definition) is 0. The van der Waals surface area contributed by atoms with Crippen LogP contribution in [0, 0.1) is 0 Å². The van der Waals surface area contributed by atoms with E-state index in [0.717, 1.165) is 57.1 Å². The maximum Gasteiger partial charge on any atom is 0.273 e. The SMILES string of the molecule is CCOc1cc(C(=O)N2CCC(N3CCC(Oc4nccs4)CC3)CC2)cc(OCC)c1OCC. The third kappa shape index (κ3) is 6.38. The zero-order chi connectivity index (χ0) is 24.6. The average Bonchev–Trinajstić information content (AvgIpc) is 3.39. The molecule has 1 amide bonds. The van der Waals surface area contributed by atoms with Crippen molar-refractivity contribution in [2.24, 2.45) is 0 Å². The van der Waals surface area contributed by atoms with E-state index in [0.29, 0.717) is 48.7 Å². The van der Waals surface area contributed by atoms with Crippen molar-refractivity contribution in [1.82, 2.24) is 14.8 Å². The number of ether oxygens (including phenoxy) is 4. The number of aromatic nitrogens is 1. The summed E-state index contributed by atoms with van der Waals surface area (Å²) in [4.78, 5) is 22.2. The van der Waals surface area contributed by atoms with Gasteiger partial charge in [0.05, 0.1) is 19.8 Å². The summed E-state index contributed by atoms with van der Waals surface area (Å²) in [7, 11) is 0. The Labute approximate surface area is 212 Å². The lowest BCUT2D eigenvalue weighted by molar-refractivity contribution is 0.0424. The van der Waals surface area contributed by atoms with Crippen molar-refractivity contribution in [3.63, 3.8) is 0 Å². The smallest absolute Gasteiger partial charge is 0.273 e. The van der Waals surface area contributed by atoms with Gasteiger partial charge in [0.15, 0.2) is 11.5 Å². The van der Waals surface area contributed by atoms with Crippen LogP contribution >= 0.6 is 11.3 Å². The highest BCUT2D eigenvalue weighted by molar-refractivity contribution is 7.11. The summed E-state index contributed by atoms with van der Waals surface area (Å²) in [6.07, 6.45) is 6.04. The average molecular weight is 504 g/mol. The first-order valence-corrected chi connectivity index (χ1v) is 13.7. The third-order valence-electron chi connectivity index (χ3n) is 6.58. The largest absolute Gasteiger partial charge is 0.490 e. The first-order valence-electron chi connectivity index (χ1n) is 12.8. The maximum atomic E-state index is 13.4. The molecule has 3 heterocycles. The number of carbonyl (C=O) groups is 1. The first-order chi connectivity index (χ1) is 17.1. The fourth-order valence-corrected chi connectivity index (χ4v) is 5.45. The van der Waals surface area contributed by atoms with Crippen LogP contribution in [0.2, 0.25) is 0 Å². The minimum absolute atomic E-state index is 0.0176. The summed E-state index contributed by atoms with van der Waals surface area (Å²) in [5.41, 5.74) is 0.582. The fourth-order valence-electron chi connectivity index (χ4n) is 4.90. The zero-order valence-corrected chi connectivity index (χ0v) is 21.8. The van der Waals surface area contributed by atoms with Gasteiger partial charge in [-0.05, 0) is 58.6 Å². The summed E-state index contributed by atoms with van der Waals surface area (Å²) in [5, 5.41) is 2.71. The summed E-state index contributed by atoms with van der Waals surface area (Å²) in [6.45, 7) is 10.8. The van der Waals surface area contributed by atoms with Gasteiger partial charge in [0.1, 0.15) is 6.10 Å². The Morgan fingerprint density at radius 2 is 1.57 bits per heavy atom. The molecule has 35 heavy (non-hydrogen) atoms.